The fourth-order valence-corrected chi connectivity index (χ4v) is 7.82. The zero-order valence-electron chi connectivity index (χ0n) is 23.8. The lowest BCUT2D eigenvalue weighted by Crippen LogP contribution is -2.80. The maximum absolute atomic E-state index is 12.9. The lowest BCUT2D eigenvalue weighted by atomic mass is 9.41. The minimum Gasteiger partial charge on any atom is -0.504 e. The highest BCUT2D eigenvalue weighted by Crippen LogP contribution is 2.81. The van der Waals surface area contributed by atoms with Crippen LogP contribution in [0.4, 0.5) is 0 Å². The van der Waals surface area contributed by atoms with Crippen LogP contribution in [0, 0.1) is 11.3 Å². The van der Waals surface area contributed by atoms with E-state index in [1.807, 2.05) is 0 Å². The molecular formula is C30H32O15. The van der Waals surface area contributed by atoms with Crippen LogP contribution in [0.1, 0.15) is 40.5 Å². The van der Waals surface area contributed by atoms with Crippen LogP contribution in [0.2, 0.25) is 0 Å². The summed E-state index contributed by atoms with van der Waals surface area (Å²) in [5.41, 5.74) is -3.78. The summed E-state index contributed by atoms with van der Waals surface area (Å²) in [7, 11) is 0. The van der Waals surface area contributed by atoms with E-state index in [0.717, 1.165) is 12.1 Å². The van der Waals surface area contributed by atoms with Crippen molar-refractivity contribution in [1.82, 2.24) is 0 Å². The molecule has 7 fully saturated rings. The number of phenols is 3. The molecule has 7 N–H and O–H groups in total. The number of aromatic hydroxyl groups is 3. The quantitative estimate of drug-likeness (QED) is 0.145. The van der Waals surface area contributed by atoms with E-state index >= 15 is 0 Å². The van der Waals surface area contributed by atoms with Gasteiger partial charge in [-0.05, 0) is 37.6 Å². The highest BCUT2D eigenvalue weighted by atomic mass is 16.8. The Morgan fingerprint density at radius 3 is 2.27 bits per heavy atom. The van der Waals surface area contributed by atoms with Gasteiger partial charge in [-0.25, -0.2) is 9.59 Å². The number of hydrogen-bond donors (Lipinski definition) is 7. The van der Waals surface area contributed by atoms with Crippen LogP contribution in [-0.2, 0) is 28.4 Å². The zero-order valence-corrected chi connectivity index (χ0v) is 23.8. The Morgan fingerprint density at radius 2 is 1.58 bits per heavy atom. The van der Waals surface area contributed by atoms with Crippen LogP contribution >= 0.6 is 0 Å². The smallest absolute Gasteiger partial charge is 0.338 e. The first-order chi connectivity index (χ1) is 21.3. The van der Waals surface area contributed by atoms with Gasteiger partial charge in [0.2, 0.25) is 0 Å². The first-order valence-corrected chi connectivity index (χ1v) is 14.3. The van der Waals surface area contributed by atoms with Crippen molar-refractivity contribution in [3.8, 4) is 17.2 Å². The Hall–Kier alpha value is -3.54. The van der Waals surface area contributed by atoms with Crippen molar-refractivity contribution in [2.45, 2.75) is 73.8 Å². The molecule has 0 spiro atoms. The van der Waals surface area contributed by atoms with Gasteiger partial charge in [-0.3, -0.25) is 0 Å². The van der Waals surface area contributed by atoms with Gasteiger partial charge in [0.1, 0.15) is 48.8 Å². The molecule has 3 aliphatic carbocycles. The minimum atomic E-state index is -1.81. The number of aliphatic hydroxyl groups excluding tert-OH is 3. The standard InChI is InChI=1S/C30H32O15/c1-27-11-29(39)18-9-30(27,28(18,26(44-27)45-29)12-41-23(37)13-5-3-2-4-6-13)43-25-22(36)21(35)20(34)17(42-25)10-40-24(38)14-7-15(31)19(33)16(32)8-14/h2-8,17-18,20-22,25-26,31-36,39H,9-12H2,1H3/t17-,18-,20-,21+,22-,25+,26?,27+,28+,29-,30+/m1/s1. The molecule has 2 aromatic carbocycles. The van der Waals surface area contributed by atoms with E-state index in [0.29, 0.717) is 5.56 Å². The molecular weight excluding hydrogens is 600 g/mol. The minimum absolute atomic E-state index is 0.00307. The number of benzene rings is 2. The lowest BCUT2D eigenvalue weighted by Gasteiger charge is -2.67. The maximum atomic E-state index is 12.9. The third-order valence-electron chi connectivity index (χ3n) is 10.1. The predicted octanol–water partition coefficient (Wildman–Crippen LogP) is -0.376. The van der Waals surface area contributed by atoms with Crippen LogP contribution in [0.5, 0.6) is 17.2 Å². The Balaban J connectivity index is 1.11. The lowest BCUT2D eigenvalue weighted by molar-refractivity contribution is -0.424. The van der Waals surface area contributed by atoms with Gasteiger partial charge in [0.05, 0.1) is 16.5 Å². The van der Waals surface area contributed by atoms with Crippen molar-refractivity contribution in [1.29, 1.82) is 0 Å². The number of phenolic OH excluding ortho intramolecular Hbond substituents is 3. The summed E-state index contributed by atoms with van der Waals surface area (Å²) in [5.74, 6) is -6.19. The van der Waals surface area contributed by atoms with Gasteiger partial charge < -0.3 is 64.2 Å². The highest BCUT2D eigenvalue weighted by Gasteiger charge is 2.94. The van der Waals surface area contributed by atoms with Crippen LogP contribution in [0.25, 0.3) is 0 Å². The first kappa shape index (κ1) is 30.1. The zero-order chi connectivity index (χ0) is 32.1. The fourth-order valence-electron chi connectivity index (χ4n) is 7.82. The summed E-state index contributed by atoms with van der Waals surface area (Å²) in [6, 6.07) is 10.0. The predicted molar refractivity (Wildman–Crippen MR) is 143 cm³/mol. The van der Waals surface area contributed by atoms with E-state index in [1.54, 1.807) is 37.3 Å². The number of carbonyl (C=O) groups excluding carboxylic acids is 2. The van der Waals surface area contributed by atoms with Crippen LogP contribution in [-0.4, -0.2) is 115 Å². The molecule has 45 heavy (non-hydrogen) atoms. The molecule has 0 aromatic heterocycles. The molecule has 3 saturated carbocycles. The van der Waals surface area contributed by atoms with Crippen LogP contribution < -0.4 is 0 Å². The van der Waals surface area contributed by atoms with Gasteiger partial charge in [-0.1, -0.05) is 18.2 Å². The molecule has 6 bridgehead atoms. The van der Waals surface area contributed by atoms with E-state index in [4.69, 9.17) is 28.4 Å². The van der Waals surface area contributed by atoms with E-state index < -0.39 is 101 Å². The molecule has 0 amide bonds. The highest BCUT2D eigenvalue weighted by molar-refractivity contribution is 5.91. The molecule has 242 valence electrons. The topological polar surface area (TPSA) is 231 Å². The monoisotopic (exact) mass is 632 g/mol. The maximum Gasteiger partial charge on any atom is 0.338 e. The van der Waals surface area contributed by atoms with Crippen molar-refractivity contribution in [3.63, 3.8) is 0 Å². The number of esters is 2. The summed E-state index contributed by atoms with van der Waals surface area (Å²) in [6.07, 6.45) is -9.21. The van der Waals surface area contributed by atoms with E-state index in [9.17, 15) is 45.3 Å². The Labute approximate surface area is 255 Å². The number of aliphatic hydroxyl groups is 4. The third-order valence-corrected chi connectivity index (χ3v) is 10.1. The normalized spacial score (nSPS) is 42.3. The number of ether oxygens (including phenoxy) is 6. The molecule has 4 heterocycles. The second-order valence-corrected chi connectivity index (χ2v) is 12.5. The van der Waals surface area contributed by atoms with E-state index in [-0.39, 0.29) is 25.0 Å². The number of hydrogen-bond acceptors (Lipinski definition) is 15. The molecule has 11 atom stereocenters. The second-order valence-electron chi connectivity index (χ2n) is 12.5. The molecule has 9 rings (SSSR count). The van der Waals surface area contributed by atoms with Crippen molar-refractivity contribution >= 4 is 11.9 Å². The number of carbonyl (C=O) groups is 2. The second kappa shape index (κ2) is 9.98. The Morgan fingerprint density at radius 1 is 0.911 bits per heavy atom. The average Bonchev–Trinajstić information content (AvgIpc) is 3.20. The SMILES string of the molecule is C[C@@]12C[C@@]3(O)OC(O1)[C@]1(COC(=O)c4ccccc4)[C@H]3C[C@]21O[C@@H]1O[C@H](COC(=O)c2cc(O)c(O)c(O)c2)[C@@H](O)[C@H](O)[C@H]1O. The average molecular weight is 633 g/mol. The van der Waals surface area contributed by atoms with Gasteiger partial charge in [-0.2, -0.15) is 0 Å². The van der Waals surface area contributed by atoms with Gasteiger partial charge in [-0.15, -0.1) is 0 Å². The molecule has 4 aliphatic heterocycles. The summed E-state index contributed by atoms with van der Waals surface area (Å²) in [5, 5.41) is 72.6. The molecule has 4 saturated heterocycles. The summed E-state index contributed by atoms with van der Waals surface area (Å²) < 4.78 is 35.3. The number of rotatable bonds is 8. The van der Waals surface area contributed by atoms with Crippen molar-refractivity contribution in [3.05, 3.63) is 53.6 Å². The molecule has 15 heteroatoms. The van der Waals surface area contributed by atoms with Gasteiger partial charge in [0.25, 0.3) is 0 Å². The Bertz CT molecular complexity index is 1510. The van der Waals surface area contributed by atoms with E-state index in [2.05, 4.69) is 0 Å². The Kier molecular flexibility index (Phi) is 6.68. The molecule has 2 aromatic rings. The molecule has 15 nitrogen and oxygen atoms in total. The fraction of sp³-hybridized carbons (Fsp3) is 0.533. The van der Waals surface area contributed by atoms with Crippen molar-refractivity contribution < 1.29 is 73.8 Å². The van der Waals surface area contributed by atoms with Gasteiger partial charge in [0.15, 0.2) is 35.6 Å². The van der Waals surface area contributed by atoms with Gasteiger partial charge >= 0.3 is 11.9 Å². The summed E-state index contributed by atoms with van der Waals surface area (Å²) >= 11 is 0. The van der Waals surface area contributed by atoms with Crippen molar-refractivity contribution in [2.75, 3.05) is 13.2 Å². The largest absolute Gasteiger partial charge is 0.504 e. The molecule has 0 radical (unpaired) electrons. The first-order valence-electron chi connectivity index (χ1n) is 14.3. The van der Waals surface area contributed by atoms with E-state index in [1.165, 1.54) is 0 Å². The van der Waals surface area contributed by atoms with Crippen LogP contribution in [0.3, 0.4) is 0 Å². The third kappa shape index (κ3) is 4.06. The van der Waals surface area contributed by atoms with Crippen molar-refractivity contribution in [2.24, 2.45) is 11.3 Å². The molecule has 1 unspecified atom stereocenters. The van der Waals surface area contributed by atoms with Gasteiger partial charge in [0, 0.05) is 12.3 Å². The molecule has 7 aliphatic rings. The summed E-state index contributed by atoms with van der Waals surface area (Å²) in [4.78, 5) is 25.5. The summed E-state index contributed by atoms with van der Waals surface area (Å²) in [6.45, 7) is 0.780. The van der Waals surface area contributed by atoms with Crippen LogP contribution in [0.15, 0.2) is 42.5 Å².